The SMILES string of the molecule is CC(C)(C)[Si](C)(C)Oc1ccc(N)c(P(c2ccccc2)c2ccccc2)c1. The minimum atomic E-state index is -1.91. The topological polar surface area (TPSA) is 35.2 Å². The molecular formula is C24H30NOPSi. The number of hydrogen-bond acceptors (Lipinski definition) is 2. The Morgan fingerprint density at radius 3 is 1.75 bits per heavy atom. The van der Waals surface area contributed by atoms with Gasteiger partial charge in [0.2, 0.25) is 8.32 Å². The van der Waals surface area contributed by atoms with Crippen LogP contribution in [0.1, 0.15) is 20.8 Å². The predicted molar refractivity (Wildman–Crippen MR) is 127 cm³/mol. The maximum atomic E-state index is 6.58. The van der Waals surface area contributed by atoms with E-state index in [1.54, 1.807) is 0 Å². The maximum absolute atomic E-state index is 6.58. The second-order valence-electron chi connectivity index (χ2n) is 8.59. The first-order valence-electron chi connectivity index (χ1n) is 9.68. The Kier molecular flexibility index (Phi) is 5.97. The summed E-state index contributed by atoms with van der Waals surface area (Å²) in [5.41, 5.74) is 7.31. The van der Waals surface area contributed by atoms with Gasteiger partial charge in [-0.2, -0.15) is 0 Å². The van der Waals surface area contributed by atoms with Gasteiger partial charge in [0.1, 0.15) is 5.75 Å². The van der Waals surface area contributed by atoms with E-state index in [0.29, 0.717) is 0 Å². The first-order chi connectivity index (χ1) is 13.2. The Morgan fingerprint density at radius 1 is 0.786 bits per heavy atom. The monoisotopic (exact) mass is 407 g/mol. The number of hydrogen-bond donors (Lipinski definition) is 1. The zero-order chi connectivity index (χ0) is 20.4. The molecule has 0 radical (unpaired) electrons. The zero-order valence-electron chi connectivity index (χ0n) is 17.4. The van der Waals surface area contributed by atoms with E-state index in [2.05, 4.69) is 101 Å². The van der Waals surface area contributed by atoms with Gasteiger partial charge in [-0.1, -0.05) is 81.4 Å². The predicted octanol–water partition coefficient (Wildman–Crippen LogP) is 5.41. The first-order valence-corrected chi connectivity index (χ1v) is 13.9. The van der Waals surface area contributed by atoms with Crippen molar-refractivity contribution in [1.82, 2.24) is 0 Å². The lowest BCUT2D eigenvalue weighted by molar-refractivity contribution is 0.492. The van der Waals surface area contributed by atoms with Gasteiger partial charge in [-0.05, 0) is 54.9 Å². The smallest absolute Gasteiger partial charge is 0.250 e. The van der Waals surface area contributed by atoms with Crippen molar-refractivity contribution in [3.8, 4) is 5.75 Å². The molecule has 0 unspecified atom stereocenters. The molecule has 0 atom stereocenters. The average molecular weight is 408 g/mol. The zero-order valence-corrected chi connectivity index (χ0v) is 19.3. The quantitative estimate of drug-likeness (QED) is 0.349. The lowest BCUT2D eigenvalue weighted by Crippen LogP contribution is -2.44. The summed E-state index contributed by atoms with van der Waals surface area (Å²) in [5, 5.41) is 3.89. The van der Waals surface area contributed by atoms with Crippen LogP contribution in [0.2, 0.25) is 18.1 Å². The minimum Gasteiger partial charge on any atom is -0.543 e. The molecule has 146 valence electrons. The van der Waals surface area contributed by atoms with Crippen LogP contribution in [0, 0.1) is 0 Å². The summed E-state index contributed by atoms with van der Waals surface area (Å²) >= 11 is 0. The number of anilines is 1. The molecule has 0 fully saturated rings. The van der Waals surface area contributed by atoms with E-state index < -0.39 is 16.2 Å². The van der Waals surface area contributed by atoms with Crippen LogP contribution in [-0.2, 0) is 0 Å². The Morgan fingerprint density at radius 2 is 1.29 bits per heavy atom. The fourth-order valence-electron chi connectivity index (χ4n) is 2.81. The molecule has 4 heteroatoms. The second kappa shape index (κ2) is 8.11. The van der Waals surface area contributed by atoms with E-state index in [4.69, 9.17) is 10.2 Å². The average Bonchev–Trinajstić information content (AvgIpc) is 2.65. The standard InChI is InChI=1S/C24H30NOPSi/c1-24(2,3)28(4,5)26-19-16-17-22(25)23(18-19)27(20-12-8-6-9-13-20)21-14-10-7-11-15-21/h6-18H,25H2,1-5H3. The number of nitrogen functional groups attached to an aromatic ring is 1. The van der Waals surface area contributed by atoms with Crippen LogP contribution in [0.25, 0.3) is 0 Å². The van der Waals surface area contributed by atoms with Gasteiger partial charge in [0.05, 0.1) is 0 Å². The summed E-state index contributed by atoms with van der Waals surface area (Å²) in [4.78, 5) is 0. The highest BCUT2D eigenvalue weighted by Gasteiger charge is 2.39. The van der Waals surface area contributed by atoms with Crippen LogP contribution in [0.15, 0.2) is 78.9 Å². The van der Waals surface area contributed by atoms with Gasteiger partial charge in [-0.25, -0.2) is 0 Å². The Balaban J connectivity index is 2.09. The van der Waals surface area contributed by atoms with Crippen molar-refractivity contribution in [3.05, 3.63) is 78.9 Å². The lowest BCUT2D eigenvalue weighted by atomic mass is 10.2. The largest absolute Gasteiger partial charge is 0.543 e. The molecule has 2 nitrogen and oxygen atoms in total. The van der Waals surface area contributed by atoms with Gasteiger partial charge in [-0.15, -0.1) is 0 Å². The van der Waals surface area contributed by atoms with Gasteiger partial charge >= 0.3 is 0 Å². The summed E-state index contributed by atoms with van der Waals surface area (Å²) in [6.07, 6.45) is 0. The molecule has 0 saturated carbocycles. The fraction of sp³-hybridized carbons (Fsp3) is 0.250. The van der Waals surface area contributed by atoms with Crippen LogP contribution in [0.4, 0.5) is 5.69 Å². The molecule has 3 aromatic carbocycles. The molecule has 0 amide bonds. The normalized spacial score (nSPS) is 12.2. The summed E-state index contributed by atoms with van der Waals surface area (Å²) in [7, 11) is -2.66. The molecule has 2 N–H and O–H groups in total. The molecule has 28 heavy (non-hydrogen) atoms. The molecule has 0 aliphatic carbocycles. The van der Waals surface area contributed by atoms with Crippen molar-refractivity contribution >= 4 is 37.8 Å². The molecule has 0 spiro atoms. The van der Waals surface area contributed by atoms with Gasteiger partial charge < -0.3 is 10.2 Å². The van der Waals surface area contributed by atoms with E-state index in [1.807, 2.05) is 12.1 Å². The fourth-order valence-corrected chi connectivity index (χ4v) is 6.22. The Labute approximate surface area is 171 Å². The Hall–Kier alpha value is -2.09. The third-order valence-electron chi connectivity index (χ3n) is 5.45. The highest BCUT2D eigenvalue weighted by molar-refractivity contribution is 7.80. The molecule has 3 rings (SSSR count). The molecule has 0 aliphatic rings. The molecule has 0 saturated heterocycles. The number of benzene rings is 3. The van der Waals surface area contributed by atoms with Crippen molar-refractivity contribution in [2.75, 3.05) is 5.73 Å². The molecule has 0 heterocycles. The molecule has 3 aromatic rings. The molecule has 0 bridgehead atoms. The van der Waals surface area contributed by atoms with Gasteiger partial charge in [0, 0.05) is 11.0 Å². The highest BCUT2D eigenvalue weighted by atomic mass is 31.1. The van der Waals surface area contributed by atoms with Crippen molar-refractivity contribution in [2.45, 2.75) is 38.9 Å². The summed E-state index contributed by atoms with van der Waals surface area (Å²) < 4.78 is 6.58. The first kappa shape index (κ1) is 20.6. The highest BCUT2D eigenvalue weighted by Crippen LogP contribution is 2.39. The molecular weight excluding hydrogens is 377 g/mol. The summed E-state index contributed by atoms with van der Waals surface area (Å²) in [6, 6.07) is 27.5. The van der Waals surface area contributed by atoms with Crippen LogP contribution < -0.4 is 26.1 Å². The van der Waals surface area contributed by atoms with Crippen LogP contribution in [0.5, 0.6) is 5.75 Å². The van der Waals surface area contributed by atoms with Crippen molar-refractivity contribution < 1.29 is 4.43 Å². The molecule has 0 aliphatic heterocycles. The van der Waals surface area contributed by atoms with E-state index in [-0.39, 0.29) is 5.04 Å². The van der Waals surface area contributed by atoms with E-state index in [0.717, 1.165) is 16.7 Å². The lowest BCUT2D eigenvalue weighted by Gasteiger charge is -2.36. The van der Waals surface area contributed by atoms with Gasteiger partial charge in [0.25, 0.3) is 0 Å². The van der Waals surface area contributed by atoms with E-state index in [9.17, 15) is 0 Å². The van der Waals surface area contributed by atoms with Crippen molar-refractivity contribution in [2.24, 2.45) is 0 Å². The minimum absolute atomic E-state index is 0.151. The third-order valence-corrected chi connectivity index (χ3v) is 12.3. The molecule has 0 aromatic heterocycles. The maximum Gasteiger partial charge on any atom is 0.250 e. The van der Waals surface area contributed by atoms with E-state index in [1.165, 1.54) is 10.6 Å². The number of nitrogens with two attached hydrogens (primary N) is 1. The van der Waals surface area contributed by atoms with Crippen LogP contribution in [-0.4, -0.2) is 8.32 Å². The summed E-state index contributed by atoms with van der Waals surface area (Å²) in [5.74, 6) is 0.926. The van der Waals surface area contributed by atoms with Crippen LogP contribution >= 0.6 is 7.92 Å². The van der Waals surface area contributed by atoms with Crippen LogP contribution in [0.3, 0.4) is 0 Å². The second-order valence-corrected chi connectivity index (χ2v) is 15.5. The van der Waals surface area contributed by atoms with E-state index >= 15 is 0 Å². The van der Waals surface area contributed by atoms with Crippen molar-refractivity contribution in [3.63, 3.8) is 0 Å². The van der Waals surface area contributed by atoms with Gasteiger partial charge in [-0.3, -0.25) is 0 Å². The number of rotatable bonds is 5. The van der Waals surface area contributed by atoms with Gasteiger partial charge in [0.15, 0.2) is 0 Å². The third kappa shape index (κ3) is 4.48. The van der Waals surface area contributed by atoms with Crippen molar-refractivity contribution in [1.29, 1.82) is 0 Å². The summed E-state index contributed by atoms with van der Waals surface area (Å²) in [6.45, 7) is 11.3. The Bertz CT molecular complexity index is 881.